The Labute approximate surface area is 119 Å². The molecule has 1 aromatic carbocycles. The number of hydrogen-bond acceptors (Lipinski definition) is 4. The van der Waals surface area contributed by atoms with Gasteiger partial charge in [-0.2, -0.15) is 13.2 Å². The van der Waals surface area contributed by atoms with E-state index in [1.807, 2.05) is 0 Å². The molecule has 0 spiro atoms. The molecule has 0 saturated carbocycles. The maximum Gasteiger partial charge on any atom is 0.509 e. The third-order valence-corrected chi connectivity index (χ3v) is 2.93. The van der Waals surface area contributed by atoms with E-state index in [0.29, 0.717) is 0 Å². The second-order valence-corrected chi connectivity index (χ2v) is 4.46. The number of oxime groups is 1. The highest BCUT2D eigenvalue weighted by Gasteiger charge is 2.65. The first-order chi connectivity index (χ1) is 9.64. The molecule has 10 heteroatoms. The fourth-order valence-electron chi connectivity index (χ4n) is 1.65. The van der Waals surface area contributed by atoms with Crippen molar-refractivity contribution < 1.29 is 37.0 Å². The van der Waals surface area contributed by atoms with E-state index >= 15 is 0 Å². The number of nitrogens with zero attached hydrogens (tertiary/aromatic N) is 1. The number of benzene rings is 1. The van der Waals surface area contributed by atoms with Crippen molar-refractivity contribution in [3.63, 3.8) is 0 Å². The fourth-order valence-corrected chi connectivity index (χ4v) is 1.83. The number of ether oxygens (including phenoxy) is 1. The number of rotatable bonds is 2. The zero-order valence-corrected chi connectivity index (χ0v) is 10.7. The van der Waals surface area contributed by atoms with Crippen molar-refractivity contribution in [3.05, 3.63) is 34.6 Å². The number of carboxylic acid groups (broad SMARTS) is 1. The Bertz CT molecular complexity index is 619. The van der Waals surface area contributed by atoms with Crippen molar-refractivity contribution >= 4 is 23.5 Å². The van der Waals surface area contributed by atoms with E-state index in [9.17, 15) is 22.4 Å². The Kier molecular flexibility index (Phi) is 3.70. The molecule has 114 valence electrons. The lowest BCUT2D eigenvalue weighted by Crippen LogP contribution is -2.49. The van der Waals surface area contributed by atoms with Crippen LogP contribution in [0.4, 0.5) is 22.4 Å². The molecule has 0 aromatic heterocycles. The third-order valence-electron chi connectivity index (χ3n) is 2.64. The van der Waals surface area contributed by atoms with E-state index in [1.165, 1.54) is 0 Å². The molecule has 1 aliphatic rings. The summed E-state index contributed by atoms with van der Waals surface area (Å²) in [6.07, 6.45) is -8.31. The molecule has 21 heavy (non-hydrogen) atoms. The van der Waals surface area contributed by atoms with Gasteiger partial charge in [-0.1, -0.05) is 22.8 Å². The second kappa shape index (κ2) is 5.06. The van der Waals surface area contributed by atoms with E-state index in [4.69, 9.17) is 16.7 Å². The molecule has 0 amide bonds. The van der Waals surface area contributed by atoms with E-state index in [0.717, 1.165) is 18.2 Å². The van der Waals surface area contributed by atoms with Crippen LogP contribution >= 0.6 is 11.6 Å². The summed E-state index contributed by atoms with van der Waals surface area (Å²) in [4.78, 5) is 14.6. The Balaban J connectivity index is 2.31. The molecule has 1 atom stereocenters. The number of hydrogen-bond donors (Lipinski definition) is 1. The molecule has 1 aliphatic heterocycles. The molecule has 0 bridgehead atoms. The molecular weight excluding hydrogens is 322 g/mol. The average Bonchev–Trinajstić information content (AvgIpc) is 2.77. The molecular formula is C11H6ClF4NO4. The summed E-state index contributed by atoms with van der Waals surface area (Å²) < 4.78 is 55.6. The van der Waals surface area contributed by atoms with Crippen LogP contribution in [-0.2, 0) is 9.57 Å². The van der Waals surface area contributed by atoms with E-state index in [-0.39, 0.29) is 16.3 Å². The van der Waals surface area contributed by atoms with E-state index in [2.05, 4.69) is 14.7 Å². The van der Waals surface area contributed by atoms with Gasteiger partial charge < -0.3 is 14.7 Å². The summed E-state index contributed by atoms with van der Waals surface area (Å²) in [6.45, 7) is 0. The number of alkyl halides is 3. The van der Waals surface area contributed by atoms with Gasteiger partial charge in [0.1, 0.15) is 5.82 Å². The predicted octanol–water partition coefficient (Wildman–Crippen LogP) is 3.56. The summed E-state index contributed by atoms with van der Waals surface area (Å²) in [5.41, 5.74) is -0.211. The lowest BCUT2D eigenvalue weighted by molar-refractivity contribution is -0.355. The zero-order chi connectivity index (χ0) is 15.8. The number of halogens is 5. The van der Waals surface area contributed by atoms with Crippen molar-refractivity contribution in [3.8, 4) is 0 Å². The SMILES string of the molecule is O=C(O)OC1(C(F)(F)F)CC(c2ccc(F)c(Cl)c2)=NO1. The van der Waals surface area contributed by atoms with Crippen LogP contribution in [-0.4, -0.2) is 28.9 Å². The van der Waals surface area contributed by atoms with Crippen molar-refractivity contribution in [1.82, 2.24) is 0 Å². The Morgan fingerprint density at radius 2 is 2.14 bits per heavy atom. The van der Waals surface area contributed by atoms with Gasteiger partial charge in [0.25, 0.3) is 0 Å². The van der Waals surface area contributed by atoms with Gasteiger partial charge >= 0.3 is 18.1 Å². The summed E-state index contributed by atoms with van der Waals surface area (Å²) >= 11 is 5.52. The average molecular weight is 328 g/mol. The molecule has 2 rings (SSSR count). The smallest absolute Gasteiger partial charge is 0.450 e. The van der Waals surface area contributed by atoms with Crippen LogP contribution < -0.4 is 0 Å². The van der Waals surface area contributed by atoms with Crippen LogP contribution in [0.25, 0.3) is 0 Å². The zero-order valence-electron chi connectivity index (χ0n) is 9.95. The van der Waals surface area contributed by atoms with E-state index < -0.39 is 30.4 Å². The Morgan fingerprint density at radius 1 is 1.48 bits per heavy atom. The molecule has 1 N–H and O–H groups in total. The van der Waals surface area contributed by atoms with Gasteiger partial charge in [0, 0.05) is 5.56 Å². The topological polar surface area (TPSA) is 68.1 Å². The lowest BCUT2D eigenvalue weighted by atomic mass is 10.0. The molecule has 0 saturated heterocycles. The normalized spacial score (nSPS) is 21.7. The quantitative estimate of drug-likeness (QED) is 0.666. The summed E-state index contributed by atoms with van der Waals surface area (Å²) in [5.74, 6) is -4.18. The highest BCUT2D eigenvalue weighted by atomic mass is 35.5. The molecule has 0 fully saturated rings. The summed E-state index contributed by atoms with van der Waals surface area (Å²) in [5, 5.41) is 11.3. The second-order valence-electron chi connectivity index (χ2n) is 4.05. The van der Waals surface area contributed by atoms with Gasteiger partial charge in [0.15, 0.2) is 0 Å². The van der Waals surface area contributed by atoms with Crippen LogP contribution in [0.5, 0.6) is 0 Å². The molecule has 0 radical (unpaired) electrons. The maximum atomic E-state index is 13.0. The van der Waals surface area contributed by atoms with Gasteiger partial charge in [0.05, 0.1) is 17.2 Å². The van der Waals surface area contributed by atoms with Crippen LogP contribution in [0.15, 0.2) is 23.4 Å². The van der Waals surface area contributed by atoms with Crippen LogP contribution in [0.1, 0.15) is 12.0 Å². The van der Waals surface area contributed by atoms with Crippen molar-refractivity contribution in [2.75, 3.05) is 0 Å². The van der Waals surface area contributed by atoms with Crippen LogP contribution in [0.3, 0.4) is 0 Å². The van der Waals surface area contributed by atoms with Crippen LogP contribution in [0.2, 0.25) is 5.02 Å². The first kappa shape index (κ1) is 15.4. The monoisotopic (exact) mass is 327 g/mol. The van der Waals surface area contributed by atoms with Gasteiger partial charge in [-0.25, -0.2) is 9.18 Å². The molecule has 1 unspecified atom stereocenters. The fraction of sp³-hybridized carbons (Fsp3) is 0.273. The maximum absolute atomic E-state index is 13.0. The highest BCUT2D eigenvalue weighted by Crippen LogP contribution is 2.42. The minimum absolute atomic E-state index is 0.0570. The Morgan fingerprint density at radius 3 is 2.67 bits per heavy atom. The number of carbonyl (C=O) groups is 1. The lowest BCUT2D eigenvalue weighted by Gasteiger charge is -2.26. The Hall–Kier alpha value is -2.03. The van der Waals surface area contributed by atoms with Crippen molar-refractivity contribution in [1.29, 1.82) is 0 Å². The minimum Gasteiger partial charge on any atom is -0.450 e. The first-order valence-electron chi connectivity index (χ1n) is 5.34. The molecule has 0 aliphatic carbocycles. The first-order valence-corrected chi connectivity index (χ1v) is 5.71. The van der Waals surface area contributed by atoms with Gasteiger partial charge in [0.2, 0.25) is 0 Å². The molecule has 1 heterocycles. The third kappa shape index (κ3) is 2.87. The van der Waals surface area contributed by atoms with E-state index in [1.54, 1.807) is 0 Å². The van der Waals surface area contributed by atoms with Crippen molar-refractivity contribution in [2.45, 2.75) is 18.4 Å². The van der Waals surface area contributed by atoms with Gasteiger partial charge in [-0.3, -0.25) is 0 Å². The van der Waals surface area contributed by atoms with Crippen molar-refractivity contribution in [2.24, 2.45) is 5.16 Å². The standard InChI is InChI=1S/C11H6ClF4NO4/c12-6-3-5(1-2-7(6)13)8-4-10(21-17-8,11(14,15)16)20-9(18)19/h1-3H,4H2,(H,18,19). The van der Waals surface area contributed by atoms with Gasteiger partial charge in [-0.15, -0.1) is 0 Å². The minimum atomic E-state index is -5.14. The summed E-state index contributed by atoms with van der Waals surface area (Å²) in [7, 11) is 0. The molecule has 1 aromatic rings. The predicted molar refractivity (Wildman–Crippen MR) is 61.5 cm³/mol. The largest absolute Gasteiger partial charge is 0.509 e. The molecule has 5 nitrogen and oxygen atoms in total. The van der Waals surface area contributed by atoms with Crippen LogP contribution in [0, 0.1) is 5.82 Å². The summed E-state index contributed by atoms with van der Waals surface area (Å²) in [6, 6.07) is 3.12. The van der Waals surface area contributed by atoms with Gasteiger partial charge in [-0.05, 0) is 12.1 Å². The highest BCUT2D eigenvalue weighted by molar-refractivity contribution is 6.31.